The maximum absolute atomic E-state index is 13.8. The summed E-state index contributed by atoms with van der Waals surface area (Å²) in [5.41, 5.74) is 3.97. The first-order chi connectivity index (χ1) is 19.4. The number of urea groups is 1. The Balaban J connectivity index is 1.54. The summed E-state index contributed by atoms with van der Waals surface area (Å²) >= 11 is 0. The van der Waals surface area contributed by atoms with Gasteiger partial charge in [0.05, 0.1) is 23.4 Å². The molecule has 1 aliphatic rings. The number of carbonyl (C=O) groups excluding carboxylic acids is 2. The van der Waals surface area contributed by atoms with Crippen molar-refractivity contribution >= 4 is 18.0 Å². The van der Waals surface area contributed by atoms with E-state index in [4.69, 9.17) is 0 Å². The van der Waals surface area contributed by atoms with Gasteiger partial charge in [-0.2, -0.15) is 13.2 Å². The van der Waals surface area contributed by atoms with Gasteiger partial charge in [-0.3, -0.25) is 19.6 Å². The van der Waals surface area contributed by atoms with Gasteiger partial charge in [0, 0.05) is 12.1 Å². The van der Waals surface area contributed by atoms with Crippen molar-refractivity contribution in [2.24, 2.45) is 0 Å². The number of halogens is 3. The number of nitrogens with zero attached hydrogens (tertiary/aromatic N) is 2. The van der Waals surface area contributed by atoms with Crippen molar-refractivity contribution in [1.82, 2.24) is 20.0 Å². The van der Waals surface area contributed by atoms with Crippen LogP contribution >= 0.6 is 0 Å². The summed E-state index contributed by atoms with van der Waals surface area (Å²) in [4.78, 5) is 40.5. The molecule has 0 bridgehead atoms. The number of imide groups is 1. The molecule has 2 N–H and O–H groups in total. The number of benzene rings is 3. The van der Waals surface area contributed by atoms with E-state index < -0.39 is 29.2 Å². The molecule has 3 aromatic carbocycles. The third-order valence-corrected chi connectivity index (χ3v) is 7.30. The topological polar surface area (TPSA) is 87.2 Å². The summed E-state index contributed by atoms with van der Waals surface area (Å²) < 4.78 is 40.9. The van der Waals surface area contributed by atoms with Crippen molar-refractivity contribution in [3.05, 3.63) is 127 Å². The van der Waals surface area contributed by atoms with E-state index in [0.29, 0.717) is 17.8 Å². The zero-order valence-electron chi connectivity index (χ0n) is 22.6. The lowest BCUT2D eigenvalue weighted by atomic mass is 10.0. The molecule has 5 rings (SSSR count). The molecule has 0 spiro atoms. The molecule has 41 heavy (non-hydrogen) atoms. The molecule has 0 saturated carbocycles. The van der Waals surface area contributed by atoms with Gasteiger partial charge < -0.3 is 5.32 Å². The monoisotopic (exact) mass is 560 g/mol. The van der Waals surface area contributed by atoms with Gasteiger partial charge in [0.25, 0.3) is 11.5 Å². The molecular formula is C31H27F3N4O3. The van der Waals surface area contributed by atoms with Crippen molar-refractivity contribution in [2.45, 2.75) is 39.9 Å². The lowest BCUT2D eigenvalue weighted by Crippen LogP contribution is -2.30. The summed E-state index contributed by atoms with van der Waals surface area (Å²) in [7, 11) is 0. The van der Waals surface area contributed by atoms with Crippen molar-refractivity contribution in [2.75, 3.05) is 0 Å². The van der Waals surface area contributed by atoms with E-state index in [2.05, 4.69) is 10.4 Å². The lowest BCUT2D eigenvalue weighted by Gasteiger charge is -2.13. The predicted molar refractivity (Wildman–Crippen MR) is 148 cm³/mol. The first-order valence-electron chi connectivity index (χ1n) is 12.9. The van der Waals surface area contributed by atoms with Crippen LogP contribution < -0.4 is 10.9 Å². The quantitative estimate of drug-likeness (QED) is 0.231. The fourth-order valence-corrected chi connectivity index (χ4v) is 4.81. The number of nitrogens with one attached hydrogen (secondary N) is 2. The zero-order chi connectivity index (χ0) is 29.5. The Morgan fingerprint density at radius 2 is 1.59 bits per heavy atom. The van der Waals surface area contributed by atoms with Gasteiger partial charge in [0.1, 0.15) is 5.70 Å². The molecule has 3 amide bonds. The molecule has 0 atom stereocenters. The fourth-order valence-electron chi connectivity index (χ4n) is 4.81. The van der Waals surface area contributed by atoms with E-state index in [-0.39, 0.29) is 23.4 Å². The highest BCUT2D eigenvalue weighted by Gasteiger charge is 2.35. The van der Waals surface area contributed by atoms with E-state index in [1.54, 1.807) is 0 Å². The largest absolute Gasteiger partial charge is 0.416 e. The number of carbonyl (C=O) groups is 2. The first kappa shape index (κ1) is 27.7. The molecular weight excluding hydrogens is 533 g/mol. The molecule has 0 radical (unpaired) electrons. The summed E-state index contributed by atoms with van der Waals surface area (Å²) in [5.74, 6) is -0.742. The number of aryl methyl sites for hydroxylation is 2. The van der Waals surface area contributed by atoms with Gasteiger partial charge in [0.2, 0.25) is 0 Å². The number of amides is 3. The number of hydrogen-bond donors (Lipinski definition) is 2. The smallest absolute Gasteiger partial charge is 0.303 e. The van der Waals surface area contributed by atoms with Crippen LogP contribution in [0.3, 0.4) is 0 Å². The van der Waals surface area contributed by atoms with Gasteiger partial charge in [-0.15, -0.1) is 0 Å². The molecule has 1 aromatic heterocycles. The van der Waals surface area contributed by atoms with Crippen LogP contribution in [0.2, 0.25) is 0 Å². The molecule has 1 aliphatic heterocycles. The molecule has 210 valence electrons. The molecule has 0 aliphatic carbocycles. The number of aromatic amines is 1. The second kappa shape index (κ2) is 10.6. The van der Waals surface area contributed by atoms with Crippen LogP contribution in [0.25, 0.3) is 11.8 Å². The Morgan fingerprint density at radius 3 is 2.32 bits per heavy atom. The Labute approximate surface area is 233 Å². The summed E-state index contributed by atoms with van der Waals surface area (Å²) in [6, 6.07) is 17.0. The molecule has 1 fully saturated rings. The normalized spacial score (nSPS) is 14.7. The highest BCUT2D eigenvalue weighted by molar-refractivity contribution is 6.13. The van der Waals surface area contributed by atoms with Gasteiger partial charge >= 0.3 is 12.2 Å². The van der Waals surface area contributed by atoms with Gasteiger partial charge in [-0.05, 0) is 72.9 Å². The Morgan fingerprint density at radius 1 is 0.878 bits per heavy atom. The fraction of sp³-hybridized carbons (Fsp3) is 0.194. The minimum Gasteiger partial charge on any atom is -0.303 e. The molecule has 7 nitrogen and oxygen atoms in total. The maximum atomic E-state index is 13.8. The van der Waals surface area contributed by atoms with E-state index in [9.17, 15) is 27.6 Å². The highest BCUT2D eigenvalue weighted by atomic mass is 19.4. The van der Waals surface area contributed by atoms with E-state index in [1.807, 2.05) is 63.2 Å². The molecule has 2 heterocycles. The average molecular weight is 561 g/mol. The summed E-state index contributed by atoms with van der Waals surface area (Å²) in [6.45, 7) is 5.45. The van der Waals surface area contributed by atoms with Crippen LogP contribution in [0.1, 0.15) is 44.6 Å². The van der Waals surface area contributed by atoms with Crippen molar-refractivity contribution < 1.29 is 22.8 Å². The minimum absolute atomic E-state index is 0.141. The van der Waals surface area contributed by atoms with Crippen molar-refractivity contribution in [3.63, 3.8) is 0 Å². The van der Waals surface area contributed by atoms with Crippen molar-refractivity contribution in [3.8, 4) is 5.69 Å². The number of H-pyrrole nitrogens is 1. The van der Waals surface area contributed by atoms with Crippen LogP contribution in [0, 0.1) is 20.8 Å². The van der Waals surface area contributed by atoms with E-state index in [0.717, 1.165) is 39.3 Å². The van der Waals surface area contributed by atoms with Gasteiger partial charge in [-0.1, -0.05) is 48.5 Å². The Kier molecular flexibility index (Phi) is 7.17. The number of hydrogen-bond acceptors (Lipinski definition) is 3. The van der Waals surface area contributed by atoms with Crippen LogP contribution in [-0.4, -0.2) is 26.6 Å². The predicted octanol–water partition coefficient (Wildman–Crippen LogP) is 5.79. The van der Waals surface area contributed by atoms with Crippen LogP contribution in [0.15, 0.2) is 77.2 Å². The number of aromatic nitrogens is 2. The standard InChI is InChI=1S/C31H27F3N4O3/c1-18-9-6-13-27(20(18)3)38-28(39)24(25(36-38)15-22-11-5-4-8-19(22)2)16-26-29(40)37(30(41)35-26)17-21-10-7-12-23(14-21)31(32,33)34/h4-14,16,36H,15,17H2,1-3H3,(H,35,41). The molecule has 1 saturated heterocycles. The van der Waals surface area contributed by atoms with E-state index >= 15 is 0 Å². The Hall–Kier alpha value is -4.86. The second-order valence-corrected chi connectivity index (χ2v) is 10.0. The second-order valence-electron chi connectivity index (χ2n) is 10.0. The summed E-state index contributed by atoms with van der Waals surface area (Å²) in [5, 5.41) is 5.68. The van der Waals surface area contributed by atoms with E-state index in [1.165, 1.54) is 22.9 Å². The number of alkyl halides is 3. The Bertz CT molecular complexity index is 1760. The van der Waals surface area contributed by atoms with Crippen LogP contribution in [0.5, 0.6) is 0 Å². The van der Waals surface area contributed by atoms with Crippen molar-refractivity contribution in [1.29, 1.82) is 0 Å². The lowest BCUT2D eigenvalue weighted by molar-refractivity contribution is -0.137. The summed E-state index contributed by atoms with van der Waals surface area (Å²) in [6.07, 6.45) is -2.87. The van der Waals surface area contributed by atoms with Gasteiger partial charge in [-0.25, -0.2) is 9.48 Å². The van der Waals surface area contributed by atoms with Crippen LogP contribution in [0.4, 0.5) is 18.0 Å². The highest BCUT2D eigenvalue weighted by Crippen LogP contribution is 2.30. The SMILES string of the molecule is Cc1ccccc1Cc1[nH]n(-c2cccc(C)c2C)c(=O)c1C=C1NC(=O)N(Cc2cccc(C(F)(F)F)c2)C1=O. The third kappa shape index (κ3) is 5.45. The third-order valence-electron chi connectivity index (χ3n) is 7.30. The molecule has 10 heteroatoms. The molecule has 0 unspecified atom stereocenters. The maximum Gasteiger partial charge on any atom is 0.416 e. The van der Waals surface area contributed by atoms with Crippen LogP contribution in [-0.2, 0) is 23.9 Å². The zero-order valence-corrected chi connectivity index (χ0v) is 22.6. The first-order valence-corrected chi connectivity index (χ1v) is 12.9. The number of rotatable bonds is 6. The molecule has 4 aromatic rings. The van der Waals surface area contributed by atoms with Gasteiger partial charge in [0.15, 0.2) is 0 Å². The minimum atomic E-state index is -4.56. The average Bonchev–Trinajstić information content (AvgIpc) is 3.37.